The molecule has 1 aliphatic rings. The summed E-state index contributed by atoms with van der Waals surface area (Å²) in [5.74, 6) is 0.439. The van der Waals surface area contributed by atoms with Gasteiger partial charge in [0.2, 0.25) is 0 Å². The van der Waals surface area contributed by atoms with E-state index < -0.39 is 0 Å². The van der Waals surface area contributed by atoms with E-state index in [0.29, 0.717) is 18.1 Å². The fourth-order valence-electron chi connectivity index (χ4n) is 3.25. The van der Waals surface area contributed by atoms with Crippen molar-refractivity contribution >= 4 is 0 Å². The number of nitrogens with zero attached hydrogens (tertiary/aromatic N) is 1. The molecule has 19 heavy (non-hydrogen) atoms. The maximum Gasteiger partial charge on any atom is 0.109 e. The Morgan fingerprint density at radius 3 is 2.74 bits per heavy atom. The highest BCUT2D eigenvalue weighted by atomic mass is 16.5. The van der Waals surface area contributed by atoms with Gasteiger partial charge in [-0.25, -0.2) is 0 Å². The van der Waals surface area contributed by atoms with E-state index in [2.05, 4.69) is 39.1 Å². The van der Waals surface area contributed by atoms with Gasteiger partial charge < -0.3 is 4.74 Å². The van der Waals surface area contributed by atoms with Crippen molar-refractivity contribution < 1.29 is 4.74 Å². The number of rotatable bonds is 8. The number of ether oxygens (including phenoxy) is 1. The Morgan fingerprint density at radius 2 is 2.16 bits per heavy atom. The predicted octanol–water partition coefficient (Wildman–Crippen LogP) is 3.64. The second-order valence-electron chi connectivity index (χ2n) is 6.23. The summed E-state index contributed by atoms with van der Waals surface area (Å²) < 4.78 is 5.85. The fourth-order valence-corrected chi connectivity index (χ4v) is 3.25. The molecule has 0 aromatic rings. The smallest absolute Gasteiger partial charge is 0.109 e. The lowest BCUT2D eigenvalue weighted by Crippen LogP contribution is -2.50. The van der Waals surface area contributed by atoms with Crippen molar-refractivity contribution in [2.45, 2.75) is 83.9 Å². The summed E-state index contributed by atoms with van der Waals surface area (Å²) in [4.78, 5) is 0. The minimum Gasteiger partial charge on any atom is -0.378 e. The zero-order valence-electron chi connectivity index (χ0n) is 13.0. The first-order chi connectivity index (χ1) is 9.04. The quantitative estimate of drug-likeness (QED) is 0.729. The van der Waals surface area contributed by atoms with Crippen LogP contribution in [0.15, 0.2) is 0 Å². The van der Waals surface area contributed by atoms with Gasteiger partial charge in [-0.1, -0.05) is 19.8 Å². The molecule has 0 radical (unpaired) electrons. The lowest BCUT2D eigenvalue weighted by Gasteiger charge is -2.32. The first-order valence-electron chi connectivity index (χ1n) is 7.84. The van der Waals surface area contributed by atoms with Crippen LogP contribution < -0.4 is 5.32 Å². The monoisotopic (exact) mass is 266 g/mol. The van der Waals surface area contributed by atoms with Gasteiger partial charge in [-0.3, -0.25) is 5.32 Å². The molecular weight excluding hydrogens is 236 g/mol. The molecular formula is C16H30N2O. The van der Waals surface area contributed by atoms with Crippen LogP contribution in [0.3, 0.4) is 0 Å². The highest BCUT2D eigenvalue weighted by molar-refractivity contribution is 5.14. The zero-order valence-corrected chi connectivity index (χ0v) is 13.0. The molecule has 0 spiro atoms. The number of hydrogen-bond donors (Lipinski definition) is 1. The molecule has 3 nitrogen and oxygen atoms in total. The minimum atomic E-state index is -0.314. The van der Waals surface area contributed by atoms with Crippen molar-refractivity contribution in [3.8, 4) is 6.07 Å². The van der Waals surface area contributed by atoms with Crippen LogP contribution in [0.5, 0.6) is 0 Å². The molecule has 3 unspecified atom stereocenters. The van der Waals surface area contributed by atoms with E-state index in [0.717, 1.165) is 38.7 Å². The average Bonchev–Trinajstić information content (AvgIpc) is 2.72. The molecule has 0 heterocycles. The Bertz CT molecular complexity index is 298. The van der Waals surface area contributed by atoms with E-state index in [1.807, 2.05) is 0 Å². The third-order valence-corrected chi connectivity index (χ3v) is 4.13. The van der Waals surface area contributed by atoms with E-state index in [-0.39, 0.29) is 5.54 Å². The van der Waals surface area contributed by atoms with E-state index in [1.54, 1.807) is 0 Å². The number of nitriles is 1. The minimum absolute atomic E-state index is 0.314. The van der Waals surface area contributed by atoms with Gasteiger partial charge in [0.15, 0.2) is 0 Å². The molecule has 1 rings (SSSR count). The molecule has 0 aromatic heterocycles. The second-order valence-corrected chi connectivity index (χ2v) is 6.23. The van der Waals surface area contributed by atoms with Gasteiger partial charge in [-0.2, -0.15) is 5.26 Å². The van der Waals surface area contributed by atoms with E-state index in [9.17, 15) is 5.26 Å². The largest absolute Gasteiger partial charge is 0.378 e. The average molecular weight is 266 g/mol. The van der Waals surface area contributed by atoms with Crippen molar-refractivity contribution in [1.82, 2.24) is 5.32 Å². The third kappa shape index (κ3) is 4.78. The summed E-state index contributed by atoms with van der Waals surface area (Å²) in [7, 11) is 0. The molecule has 3 heteroatoms. The van der Waals surface area contributed by atoms with E-state index >= 15 is 0 Å². The lowest BCUT2D eigenvalue weighted by atomic mass is 9.85. The van der Waals surface area contributed by atoms with Crippen LogP contribution in [0.4, 0.5) is 0 Å². The Labute approximate surface area is 118 Å². The lowest BCUT2D eigenvalue weighted by molar-refractivity contribution is 0.0461. The van der Waals surface area contributed by atoms with Gasteiger partial charge in [0, 0.05) is 12.6 Å². The molecule has 0 amide bonds. The van der Waals surface area contributed by atoms with Gasteiger partial charge in [0.05, 0.1) is 12.2 Å². The van der Waals surface area contributed by atoms with Crippen molar-refractivity contribution in [3.05, 3.63) is 0 Å². The van der Waals surface area contributed by atoms with Crippen molar-refractivity contribution in [3.63, 3.8) is 0 Å². The van der Waals surface area contributed by atoms with E-state index in [1.165, 1.54) is 6.42 Å². The summed E-state index contributed by atoms with van der Waals surface area (Å²) in [6.07, 6.45) is 6.93. The Morgan fingerprint density at radius 1 is 1.42 bits per heavy atom. The molecule has 0 saturated heterocycles. The van der Waals surface area contributed by atoms with Gasteiger partial charge in [-0.15, -0.1) is 0 Å². The van der Waals surface area contributed by atoms with Crippen LogP contribution >= 0.6 is 0 Å². The Hall–Kier alpha value is -0.590. The van der Waals surface area contributed by atoms with Crippen molar-refractivity contribution in [2.75, 3.05) is 6.61 Å². The Kier molecular flexibility index (Phi) is 6.82. The first kappa shape index (κ1) is 16.5. The topological polar surface area (TPSA) is 45.0 Å². The second kappa shape index (κ2) is 7.87. The van der Waals surface area contributed by atoms with Crippen LogP contribution in [-0.4, -0.2) is 24.3 Å². The van der Waals surface area contributed by atoms with E-state index in [4.69, 9.17) is 4.74 Å². The summed E-state index contributed by atoms with van der Waals surface area (Å²) in [6, 6.07) is 2.92. The van der Waals surface area contributed by atoms with Gasteiger partial charge in [0.25, 0.3) is 0 Å². The van der Waals surface area contributed by atoms with Crippen LogP contribution in [0, 0.1) is 17.2 Å². The standard InChI is InChI=1S/C16H30N2O/c1-5-7-14(4)19-11-9-15-8-6-10-16(15,12-17)18-13(2)3/h13-15,18H,5-11H2,1-4H3. The Balaban J connectivity index is 2.45. The van der Waals surface area contributed by atoms with Crippen LogP contribution in [0.25, 0.3) is 0 Å². The molecule has 110 valence electrons. The van der Waals surface area contributed by atoms with Crippen molar-refractivity contribution in [1.29, 1.82) is 5.26 Å². The van der Waals surface area contributed by atoms with Crippen LogP contribution in [0.1, 0.15) is 66.2 Å². The fraction of sp³-hybridized carbons (Fsp3) is 0.938. The molecule has 1 saturated carbocycles. The molecule has 1 fully saturated rings. The molecule has 1 N–H and O–H groups in total. The maximum absolute atomic E-state index is 9.58. The van der Waals surface area contributed by atoms with Crippen LogP contribution in [0.2, 0.25) is 0 Å². The normalized spacial score (nSPS) is 28.5. The molecule has 0 aromatic carbocycles. The highest BCUT2D eigenvalue weighted by Gasteiger charge is 2.43. The maximum atomic E-state index is 9.58. The summed E-state index contributed by atoms with van der Waals surface area (Å²) in [5, 5.41) is 13.1. The van der Waals surface area contributed by atoms with Gasteiger partial charge in [0.1, 0.15) is 5.54 Å². The number of nitrogens with one attached hydrogen (secondary N) is 1. The molecule has 1 aliphatic carbocycles. The van der Waals surface area contributed by atoms with Gasteiger partial charge >= 0.3 is 0 Å². The first-order valence-corrected chi connectivity index (χ1v) is 7.84. The predicted molar refractivity (Wildman–Crippen MR) is 78.9 cm³/mol. The third-order valence-electron chi connectivity index (χ3n) is 4.13. The summed E-state index contributed by atoms with van der Waals surface area (Å²) >= 11 is 0. The van der Waals surface area contributed by atoms with Crippen molar-refractivity contribution in [2.24, 2.45) is 5.92 Å². The van der Waals surface area contributed by atoms with Gasteiger partial charge in [-0.05, 0) is 52.4 Å². The molecule has 0 aliphatic heterocycles. The van der Waals surface area contributed by atoms with Crippen LogP contribution in [-0.2, 0) is 4.74 Å². The highest BCUT2D eigenvalue weighted by Crippen LogP contribution is 2.38. The summed E-state index contributed by atoms with van der Waals surface area (Å²) in [6.45, 7) is 9.35. The zero-order chi connectivity index (χ0) is 14.3. The molecule has 0 bridgehead atoms. The number of hydrogen-bond acceptors (Lipinski definition) is 3. The summed E-state index contributed by atoms with van der Waals surface area (Å²) in [5.41, 5.74) is -0.314. The molecule has 3 atom stereocenters. The SMILES string of the molecule is CCCC(C)OCCC1CCCC1(C#N)NC(C)C.